The first kappa shape index (κ1) is 14.5. The van der Waals surface area contributed by atoms with Crippen molar-refractivity contribution in [3.8, 4) is 0 Å². The van der Waals surface area contributed by atoms with Crippen molar-refractivity contribution in [3.63, 3.8) is 0 Å². The molecule has 0 aromatic carbocycles. The first-order valence-electron chi connectivity index (χ1n) is 6.62. The Morgan fingerprint density at radius 1 is 1.59 bits per heavy atom. The summed E-state index contributed by atoms with van der Waals surface area (Å²) in [5, 5.41) is 3.06. The molecule has 0 saturated carbocycles. The maximum absolute atomic E-state index is 12.1. The summed E-state index contributed by atoms with van der Waals surface area (Å²) in [6.07, 6.45) is 2.51. The molecule has 0 bridgehead atoms. The second kappa shape index (κ2) is 6.97. The van der Waals surface area contributed by atoms with E-state index in [9.17, 15) is 4.79 Å². The molecule has 0 aromatic rings. The van der Waals surface area contributed by atoms with Crippen LogP contribution in [0.15, 0.2) is 0 Å². The molecule has 0 aromatic heterocycles. The van der Waals surface area contributed by atoms with Crippen molar-refractivity contribution in [2.75, 3.05) is 47.3 Å². The van der Waals surface area contributed by atoms with Gasteiger partial charge in [-0.3, -0.25) is 4.79 Å². The Morgan fingerprint density at radius 2 is 2.29 bits per heavy atom. The Kier molecular flexibility index (Phi) is 5.92. The van der Waals surface area contributed by atoms with Gasteiger partial charge in [0.1, 0.15) is 0 Å². The van der Waals surface area contributed by atoms with Gasteiger partial charge in [0.2, 0.25) is 5.91 Å². The van der Waals surface area contributed by atoms with Gasteiger partial charge < -0.3 is 15.1 Å². The second-order valence-electron chi connectivity index (χ2n) is 5.45. The first-order chi connectivity index (χ1) is 8.04. The van der Waals surface area contributed by atoms with Gasteiger partial charge in [0, 0.05) is 32.6 Å². The van der Waals surface area contributed by atoms with Crippen molar-refractivity contribution in [3.05, 3.63) is 0 Å². The van der Waals surface area contributed by atoms with Gasteiger partial charge >= 0.3 is 0 Å². The zero-order valence-corrected chi connectivity index (χ0v) is 11.7. The third-order valence-electron chi connectivity index (χ3n) is 3.56. The maximum atomic E-state index is 12.1. The number of piperidine rings is 1. The molecule has 2 atom stereocenters. The van der Waals surface area contributed by atoms with Crippen molar-refractivity contribution in [2.24, 2.45) is 11.8 Å². The fourth-order valence-corrected chi connectivity index (χ4v) is 2.67. The fourth-order valence-electron chi connectivity index (χ4n) is 2.67. The third kappa shape index (κ3) is 4.64. The molecule has 1 rings (SSSR count). The zero-order chi connectivity index (χ0) is 12.8. The van der Waals surface area contributed by atoms with Crippen LogP contribution in [0.5, 0.6) is 0 Å². The summed E-state index contributed by atoms with van der Waals surface area (Å²) in [6, 6.07) is 0. The van der Waals surface area contributed by atoms with E-state index in [0.717, 1.165) is 19.6 Å². The second-order valence-corrected chi connectivity index (χ2v) is 5.45. The van der Waals surface area contributed by atoms with Crippen molar-refractivity contribution in [1.82, 2.24) is 15.1 Å². The number of hydrogen-bond donors (Lipinski definition) is 1. The summed E-state index contributed by atoms with van der Waals surface area (Å²) in [7, 11) is 5.99. The highest BCUT2D eigenvalue weighted by Gasteiger charge is 2.22. The van der Waals surface area contributed by atoms with E-state index in [4.69, 9.17) is 0 Å². The molecule has 4 nitrogen and oxygen atoms in total. The van der Waals surface area contributed by atoms with Crippen molar-refractivity contribution >= 4 is 5.91 Å². The van der Waals surface area contributed by atoms with Crippen LogP contribution in [0.3, 0.4) is 0 Å². The predicted molar refractivity (Wildman–Crippen MR) is 70.9 cm³/mol. The van der Waals surface area contributed by atoms with E-state index in [0.29, 0.717) is 5.92 Å². The summed E-state index contributed by atoms with van der Waals surface area (Å²) in [5.41, 5.74) is 0. The average molecular weight is 241 g/mol. The fraction of sp³-hybridized carbons (Fsp3) is 0.923. The Balaban J connectivity index is 2.37. The van der Waals surface area contributed by atoms with Gasteiger partial charge in [0.05, 0.1) is 0 Å². The molecular formula is C13H27N3O. The van der Waals surface area contributed by atoms with Crippen LogP contribution in [-0.4, -0.2) is 63.0 Å². The van der Waals surface area contributed by atoms with Crippen LogP contribution in [0.4, 0.5) is 0 Å². The third-order valence-corrected chi connectivity index (χ3v) is 3.56. The van der Waals surface area contributed by atoms with Gasteiger partial charge in [-0.2, -0.15) is 0 Å². The van der Waals surface area contributed by atoms with Gasteiger partial charge in [-0.05, 0) is 39.4 Å². The number of hydrogen-bond acceptors (Lipinski definition) is 3. The number of rotatable bonds is 5. The van der Waals surface area contributed by atoms with E-state index in [1.54, 1.807) is 0 Å². The summed E-state index contributed by atoms with van der Waals surface area (Å²) in [6.45, 7) is 5.97. The van der Waals surface area contributed by atoms with Crippen LogP contribution in [0, 0.1) is 11.8 Å². The number of carbonyl (C=O) groups excluding carboxylic acids is 1. The van der Waals surface area contributed by atoms with E-state index >= 15 is 0 Å². The molecule has 1 aliphatic heterocycles. The minimum Gasteiger partial charge on any atom is -0.345 e. The summed E-state index contributed by atoms with van der Waals surface area (Å²) < 4.78 is 0. The first-order valence-corrected chi connectivity index (χ1v) is 6.62. The minimum absolute atomic E-state index is 0.0753. The summed E-state index contributed by atoms with van der Waals surface area (Å²) >= 11 is 0. The zero-order valence-electron chi connectivity index (χ0n) is 11.7. The highest BCUT2D eigenvalue weighted by atomic mass is 16.2. The van der Waals surface area contributed by atoms with Crippen molar-refractivity contribution < 1.29 is 4.79 Å². The highest BCUT2D eigenvalue weighted by molar-refractivity contribution is 5.78. The monoisotopic (exact) mass is 241 g/mol. The lowest BCUT2D eigenvalue weighted by Crippen LogP contribution is -2.42. The summed E-state index contributed by atoms with van der Waals surface area (Å²) in [4.78, 5) is 16.3. The molecule has 4 heteroatoms. The number of nitrogens with one attached hydrogen (secondary N) is 1. The topological polar surface area (TPSA) is 35.6 Å². The maximum Gasteiger partial charge on any atom is 0.226 e. The lowest BCUT2D eigenvalue weighted by atomic mass is 9.97. The van der Waals surface area contributed by atoms with Crippen molar-refractivity contribution in [2.45, 2.75) is 19.8 Å². The normalized spacial score (nSPS) is 23.4. The highest BCUT2D eigenvalue weighted by Crippen LogP contribution is 2.16. The Labute approximate surface area is 105 Å². The van der Waals surface area contributed by atoms with Crippen LogP contribution in [0.25, 0.3) is 0 Å². The molecule has 1 saturated heterocycles. The molecule has 0 spiro atoms. The largest absolute Gasteiger partial charge is 0.345 e. The SMILES string of the molecule is CNCC(C)C(=O)N(C)CC1CCCN(C)C1. The van der Waals surface area contributed by atoms with E-state index in [-0.39, 0.29) is 11.8 Å². The van der Waals surface area contributed by atoms with Crippen LogP contribution >= 0.6 is 0 Å². The van der Waals surface area contributed by atoms with Gasteiger partial charge in [-0.25, -0.2) is 0 Å². The quantitative estimate of drug-likeness (QED) is 0.767. The van der Waals surface area contributed by atoms with Crippen LogP contribution < -0.4 is 5.32 Å². The average Bonchev–Trinajstić information content (AvgIpc) is 2.28. The molecule has 100 valence electrons. The molecule has 2 unspecified atom stereocenters. The lowest BCUT2D eigenvalue weighted by molar-refractivity contribution is -0.134. The number of carbonyl (C=O) groups is 1. The van der Waals surface area contributed by atoms with Gasteiger partial charge in [-0.1, -0.05) is 6.92 Å². The van der Waals surface area contributed by atoms with E-state index in [1.165, 1.54) is 19.4 Å². The van der Waals surface area contributed by atoms with E-state index in [1.807, 2.05) is 25.9 Å². The predicted octanol–water partition coefficient (Wildman–Crippen LogP) is 0.642. The Morgan fingerprint density at radius 3 is 2.88 bits per heavy atom. The molecule has 0 aliphatic carbocycles. The number of likely N-dealkylation sites (tertiary alicyclic amines) is 1. The molecule has 1 N–H and O–H groups in total. The Bertz CT molecular complexity index is 245. The van der Waals surface area contributed by atoms with Crippen LogP contribution in [-0.2, 0) is 4.79 Å². The lowest BCUT2D eigenvalue weighted by Gasteiger charge is -2.33. The molecule has 1 heterocycles. The smallest absolute Gasteiger partial charge is 0.226 e. The Hall–Kier alpha value is -0.610. The van der Waals surface area contributed by atoms with E-state index in [2.05, 4.69) is 17.3 Å². The minimum atomic E-state index is 0.0753. The van der Waals surface area contributed by atoms with Gasteiger partial charge in [0.15, 0.2) is 0 Å². The molecule has 0 radical (unpaired) electrons. The number of amides is 1. The molecule has 1 aliphatic rings. The van der Waals surface area contributed by atoms with E-state index < -0.39 is 0 Å². The van der Waals surface area contributed by atoms with Gasteiger partial charge in [0.25, 0.3) is 0 Å². The van der Waals surface area contributed by atoms with Gasteiger partial charge in [-0.15, -0.1) is 0 Å². The number of nitrogens with zero attached hydrogens (tertiary/aromatic N) is 2. The molecule has 1 fully saturated rings. The molecule has 17 heavy (non-hydrogen) atoms. The van der Waals surface area contributed by atoms with Crippen molar-refractivity contribution in [1.29, 1.82) is 0 Å². The standard InChI is InChI=1S/C13H27N3O/c1-11(8-14-2)13(17)16(4)10-12-6-5-7-15(3)9-12/h11-12,14H,5-10H2,1-4H3. The summed E-state index contributed by atoms with van der Waals surface area (Å²) in [5.74, 6) is 0.975. The molecular weight excluding hydrogens is 214 g/mol. The van der Waals surface area contributed by atoms with Crippen LogP contribution in [0.2, 0.25) is 0 Å². The molecule has 1 amide bonds. The van der Waals surface area contributed by atoms with Crippen LogP contribution in [0.1, 0.15) is 19.8 Å².